The fourth-order valence-corrected chi connectivity index (χ4v) is 1.60. The fourth-order valence-electron chi connectivity index (χ4n) is 1.14. The first-order chi connectivity index (χ1) is 5.86. The van der Waals surface area contributed by atoms with Gasteiger partial charge in [-0.15, -0.1) is 11.8 Å². The van der Waals surface area contributed by atoms with Crippen LogP contribution in [0.15, 0.2) is 23.1 Å². The minimum Gasteiger partial charge on any atom is -0.130 e. The predicted octanol–water partition coefficient (Wildman–Crippen LogP) is 3.55. The highest BCUT2D eigenvalue weighted by atomic mass is 32.2. The van der Waals surface area contributed by atoms with Crippen molar-refractivity contribution in [3.05, 3.63) is 29.8 Å². The summed E-state index contributed by atoms with van der Waals surface area (Å²) in [6, 6.07) is 9.56. The third kappa shape index (κ3) is 2.90. The summed E-state index contributed by atoms with van der Waals surface area (Å²) in [6.07, 6.45) is 5.85. The number of thioether (sulfide) groups is 1. The van der Waals surface area contributed by atoms with Crippen LogP contribution >= 0.6 is 11.8 Å². The van der Waals surface area contributed by atoms with Crippen LogP contribution in [-0.2, 0) is 6.42 Å². The van der Waals surface area contributed by atoms with E-state index in [1.54, 1.807) is 11.8 Å². The van der Waals surface area contributed by atoms with Crippen LogP contribution in [0.2, 0.25) is 0 Å². The second-order valence-corrected chi connectivity index (χ2v) is 3.76. The van der Waals surface area contributed by atoms with Crippen LogP contribution in [0, 0.1) is 6.07 Å². The van der Waals surface area contributed by atoms with Gasteiger partial charge in [0.05, 0.1) is 0 Å². The number of benzene rings is 1. The Morgan fingerprint density at radius 2 is 2.25 bits per heavy atom. The molecule has 0 fully saturated rings. The molecule has 0 saturated heterocycles. The molecule has 1 aromatic carbocycles. The molecule has 1 rings (SSSR count). The maximum absolute atomic E-state index is 3.17. The molecule has 0 N–H and O–H groups in total. The van der Waals surface area contributed by atoms with Crippen LogP contribution in [-0.4, -0.2) is 6.26 Å². The molecule has 0 aliphatic carbocycles. The van der Waals surface area contributed by atoms with Gasteiger partial charge in [0.1, 0.15) is 0 Å². The molecule has 1 radical (unpaired) electrons. The predicted molar refractivity (Wildman–Crippen MR) is 55.7 cm³/mol. The zero-order valence-corrected chi connectivity index (χ0v) is 8.58. The molecule has 0 bridgehead atoms. The Morgan fingerprint density at radius 3 is 2.92 bits per heavy atom. The molecule has 0 aliphatic heterocycles. The van der Waals surface area contributed by atoms with Gasteiger partial charge in [-0.25, -0.2) is 0 Å². The quantitative estimate of drug-likeness (QED) is 0.637. The van der Waals surface area contributed by atoms with Gasteiger partial charge in [-0.3, -0.25) is 0 Å². The van der Waals surface area contributed by atoms with E-state index in [0.717, 1.165) is 0 Å². The molecule has 0 aliphatic rings. The van der Waals surface area contributed by atoms with Crippen molar-refractivity contribution in [1.29, 1.82) is 0 Å². The van der Waals surface area contributed by atoms with Crippen molar-refractivity contribution in [2.75, 3.05) is 6.26 Å². The van der Waals surface area contributed by atoms with Crippen molar-refractivity contribution in [2.45, 2.75) is 31.1 Å². The second-order valence-electron chi connectivity index (χ2n) is 2.88. The molecule has 65 valence electrons. The summed E-state index contributed by atoms with van der Waals surface area (Å²) in [5.74, 6) is 0. The summed E-state index contributed by atoms with van der Waals surface area (Å²) in [7, 11) is 0. The van der Waals surface area contributed by atoms with Crippen molar-refractivity contribution >= 4 is 11.8 Å². The lowest BCUT2D eigenvalue weighted by atomic mass is 10.1. The van der Waals surface area contributed by atoms with E-state index in [0.29, 0.717) is 0 Å². The van der Waals surface area contributed by atoms with E-state index in [4.69, 9.17) is 0 Å². The van der Waals surface area contributed by atoms with Crippen LogP contribution in [0.25, 0.3) is 0 Å². The van der Waals surface area contributed by atoms with Crippen LogP contribution < -0.4 is 0 Å². The molecule has 1 heteroatoms. The largest absolute Gasteiger partial charge is 0.130 e. The third-order valence-corrected chi connectivity index (χ3v) is 2.58. The Hall–Kier alpha value is -0.430. The van der Waals surface area contributed by atoms with E-state index in [1.807, 2.05) is 6.07 Å². The normalized spacial score (nSPS) is 10.2. The van der Waals surface area contributed by atoms with E-state index in [1.165, 1.54) is 29.7 Å². The number of rotatable bonds is 4. The standard InChI is InChI=1S/C11H15S/c1-3-4-6-10-7-5-8-11(9-10)12-2/h7-9H,3-4,6H2,1-2H3. The van der Waals surface area contributed by atoms with E-state index >= 15 is 0 Å². The Bertz CT molecular complexity index is 230. The Balaban J connectivity index is 2.60. The molecule has 12 heavy (non-hydrogen) atoms. The molecule has 0 unspecified atom stereocenters. The highest BCUT2D eigenvalue weighted by Gasteiger charge is 1.93. The zero-order valence-electron chi connectivity index (χ0n) is 7.76. The summed E-state index contributed by atoms with van der Waals surface area (Å²) in [4.78, 5) is 1.32. The number of hydrogen-bond donors (Lipinski definition) is 0. The molecule has 0 nitrogen and oxygen atoms in total. The highest BCUT2D eigenvalue weighted by Crippen LogP contribution is 2.16. The lowest BCUT2D eigenvalue weighted by molar-refractivity contribution is 0.793. The van der Waals surface area contributed by atoms with Gasteiger partial charge in [-0.05, 0) is 42.9 Å². The SMILES string of the molecule is CCCCc1c[c]cc(SC)c1. The lowest BCUT2D eigenvalue weighted by Crippen LogP contribution is -1.84. The number of aryl methyl sites for hydroxylation is 1. The van der Waals surface area contributed by atoms with Gasteiger partial charge >= 0.3 is 0 Å². The average Bonchev–Trinajstić information content (AvgIpc) is 2.15. The van der Waals surface area contributed by atoms with Crippen molar-refractivity contribution in [1.82, 2.24) is 0 Å². The smallest absolute Gasteiger partial charge is 0.00780 e. The van der Waals surface area contributed by atoms with Gasteiger partial charge in [-0.1, -0.05) is 19.4 Å². The van der Waals surface area contributed by atoms with E-state index in [2.05, 4.69) is 31.4 Å². The van der Waals surface area contributed by atoms with Crippen molar-refractivity contribution in [3.63, 3.8) is 0 Å². The van der Waals surface area contributed by atoms with Crippen LogP contribution in [0.4, 0.5) is 0 Å². The second kappa shape index (κ2) is 5.26. The van der Waals surface area contributed by atoms with E-state index in [9.17, 15) is 0 Å². The monoisotopic (exact) mass is 179 g/mol. The van der Waals surface area contributed by atoms with Gasteiger partial charge in [0.15, 0.2) is 0 Å². The fraction of sp³-hybridized carbons (Fsp3) is 0.455. The summed E-state index contributed by atoms with van der Waals surface area (Å²) in [5.41, 5.74) is 1.42. The van der Waals surface area contributed by atoms with Gasteiger partial charge in [0.25, 0.3) is 0 Å². The molecule has 1 aromatic rings. The van der Waals surface area contributed by atoms with Gasteiger partial charge in [0, 0.05) is 4.90 Å². The number of hydrogen-bond acceptors (Lipinski definition) is 1. The molecule has 0 amide bonds. The minimum absolute atomic E-state index is 1.20. The van der Waals surface area contributed by atoms with Crippen LogP contribution in [0.1, 0.15) is 25.3 Å². The first-order valence-electron chi connectivity index (χ1n) is 4.41. The zero-order chi connectivity index (χ0) is 8.81. The molecular formula is C11H15S. The summed E-state index contributed by atoms with van der Waals surface area (Å²) in [5, 5.41) is 0. The molecular weight excluding hydrogens is 164 g/mol. The molecule has 0 atom stereocenters. The Morgan fingerprint density at radius 1 is 1.42 bits per heavy atom. The first kappa shape index (κ1) is 9.66. The third-order valence-electron chi connectivity index (χ3n) is 1.88. The van der Waals surface area contributed by atoms with Gasteiger partial charge in [0.2, 0.25) is 0 Å². The topological polar surface area (TPSA) is 0 Å². The van der Waals surface area contributed by atoms with E-state index < -0.39 is 0 Å². The van der Waals surface area contributed by atoms with Crippen molar-refractivity contribution < 1.29 is 0 Å². The van der Waals surface area contributed by atoms with Gasteiger partial charge in [-0.2, -0.15) is 0 Å². The maximum Gasteiger partial charge on any atom is 0.00780 e. The van der Waals surface area contributed by atoms with E-state index in [-0.39, 0.29) is 0 Å². The highest BCUT2D eigenvalue weighted by molar-refractivity contribution is 7.98. The summed E-state index contributed by atoms with van der Waals surface area (Å²) < 4.78 is 0. The van der Waals surface area contributed by atoms with Crippen molar-refractivity contribution in [3.8, 4) is 0 Å². The summed E-state index contributed by atoms with van der Waals surface area (Å²) in [6.45, 7) is 2.22. The molecule has 0 spiro atoms. The molecule has 0 saturated carbocycles. The van der Waals surface area contributed by atoms with Crippen LogP contribution in [0.3, 0.4) is 0 Å². The van der Waals surface area contributed by atoms with Crippen molar-refractivity contribution in [2.24, 2.45) is 0 Å². The van der Waals surface area contributed by atoms with Crippen LogP contribution in [0.5, 0.6) is 0 Å². The summed E-state index contributed by atoms with van der Waals surface area (Å²) >= 11 is 1.79. The minimum atomic E-state index is 1.20. The first-order valence-corrected chi connectivity index (χ1v) is 5.63. The Kier molecular flexibility index (Phi) is 4.23. The molecule has 0 aromatic heterocycles. The Labute approximate surface area is 79.4 Å². The van der Waals surface area contributed by atoms with Gasteiger partial charge < -0.3 is 0 Å². The average molecular weight is 179 g/mol. The molecule has 0 heterocycles. The number of unbranched alkanes of at least 4 members (excludes halogenated alkanes) is 1. The maximum atomic E-state index is 3.17. The lowest BCUT2D eigenvalue weighted by Gasteiger charge is -2.01.